The van der Waals surface area contributed by atoms with Gasteiger partial charge >= 0.3 is 0 Å². The van der Waals surface area contributed by atoms with E-state index in [2.05, 4.69) is 32.3 Å². The maximum Gasteiger partial charge on any atom is 0.265 e. The molecule has 0 amide bonds. The van der Waals surface area contributed by atoms with Crippen molar-refractivity contribution in [3.8, 4) is 11.8 Å². The van der Waals surface area contributed by atoms with Crippen molar-refractivity contribution in [3.63, 3.8) is 0 Å². The van der Waals surface area contributed by atoms with E-state index in [1.807, 2.05) is 0 Å². The lowest BCUT2D eigenvalue weighted by molar-refractivity contribution is 0.372. The van der Waals surface area contributed by atoms with E-state index in [1.165, 1.54) is 14.2 Å². The van der Waals surface area contributed by atoms with Crippen LogP contribution in [0.25, 0.3) is 0 Å². The number of thiocarbonyl (C=S) groups is 1. The monoisotopic (exact) mass is 197 g/mol. The maximum atomic E-state index is 4.89. The first-order chi connectivity index (χ1) is 6.30. The highest BCUT2D eigenvalue weighted by molar-refractivity contribution is 7.78. The lowest BCUT2D eigenvalue weighted by Gasteiger charge is -2.01. The summed E-state index contributed by atoms with van der Waals surface area (Å²) in [5.41, 5.74) is 0. The van der Waals surface area contributed by atoms with Crippen LogP contribution in [0.4, 0.5) is 5.95 Å². The molecule has 68 valence electrons. The Balaban J connectivity index is 3.14. The Morgan fingerprint density at radius 1 is 1.31 bits per heavy atom. The van der Waals surface area contributed by atoms with Gasteiger partial charge in [0.15, 0.2) is 0 Å². The zero-order valence-electron chi connectivity index (χ0n) is 7.14. The van der Waals surface area contributed by atoms with Crippen LogP contribution in [0.3, 0.4) is 0 Å². The van der Waals surface area contributed by atoms with Gasteiger partial charge in [0.2, 0.25) is 11.8 Å². The molecule has 0 aliphatic carbocycles. The lowest BCUT2D eigenvalue weighted by atomic mass is 10.6. The molecule has 13 heavy (non-hydrogen) atoms. The van der Waals surface area contributed by atoms with Gasteiger partial charge in [0.25, 0.3) is 5.95 Å². The van der Waals surface area contributed by atoms with Crippen LogP contribution in [0.5, 0.6) is 11.8 Å². The van der Waals surface area contributed by atoms with Gasteiger partial charge in [0.1, 0.15) is 0 Å². The molecule has 6 heteroatoms. The van der Waals surface area contributed by atoms with Crippen molar-refractivity contribution in [2.45, 2.75) is 0 Å². The van der Waals surface area contributed by atoms with Gasteiger partial charge in [0, 0.05) is 0 Å². The summed E-state index contributed by atoms with van der Waals surface area (Å²) in [6.45, 7) is 0. The average Bonchev–Trinajstić information content (AvgIpc) is 2.17. The highest BCUT2D eigenvalue weighted by Crippen LogP contribution is 2.18. The third-order valence-electron chi connectivity index (χ3n) is 1.23. The van der Waals surface area contributed by atoms with Gasteiger partial charge in [-0.2, -0.15) is 15.0 Å². The number of hydrogen-bond acceptors (Lipinski definition) is 6. The van der Waals surface area contributed by atoms with E-state index in [9.17, 15) is 0 Å². The molecule has 0 radical (unpaired) electrons. The molecule has 0 N–H and O–H groups in total. The topological polar surface area (TPSA) is 56.6 Å². The van der Waals surface area contributed by atoms with Crippen LogP contribution < -0.4 is 9.47 Å². The number of aliphatic imine (C=N–C) groups is 1. The van der Waals surface area contributed by atoms with Crippen LogP contribution in [0.1, 0.15) is 0 Å². The summed E-state index contributed by atoms with van der Waals surface area (Å²) in [6.07, 6.45) is 0. The zero-order valence-corrected chi connectivity index (χ0v) is 7.96. The summed E-state index contributed by atoms with van der Waals surface area (Å²) in [6, 6.07) is 1.54. The van der Waals surface area contributed by atoms with Gasteiger partial charge in [-0.25, -0.2) is 0 Å². The minimum Gasteiger partial charge on any atom is -0.481 e. The van der Waals surface area contributed by atoms with Crippen molar-refractivity contribution in [3.05, 3.63) is 6.07 Å². The largest absolute Gasteiger partial charge is 0.481 e. The van der Waals surface area contributed by atoms with Crippen LogP contribution in [-0.2, 0) is 0 Å². The van der Waals surface area contributed by atoms with E-state index >= 15 is 0 Å². The van der Waals surface area contributed by atoms with Gasteiger partial charge in [-0.05, 0) is 12.2 Å². The number of nitrogens with zero attached hydrogens (tertiary/aromatic N) is 3. The zero-order chi connectivity index (χ0) is 9.68. The van der Waals surface area contributed by atoms with Crippen molar-refractivity contribution < 1.29 is 9.47 Å². The van der Waals surface area contributed by atoms with Crippen LogP contribution in [-0.4, -0.2) is 29.3 Å². The third kappa shape index (κ3) is 2.47. The van der Waals surface area contributed by atoms with E-state index in [-0.39, 0.29) is 5.95 Å². The summed E-state index contributed by atoms with van der Waals surface area (Å²) >= 11 is 4.41. The standard InChI is InChI=1S/C7H7N3O2S/c1-11-5-3-6(12-2)10-7(9-5)8-4-13/h3H,1-2H3. The molecule has 5 nitrogen and oxygen atoms in total. The molecule has 0 atom stereocenters. The van der Waals surface area contributed by atoms with E-state index in [1.54, 1.807) is 6.07 Å². The first kappa shape index (κ1) is 9.57. The van der Waals surface area contributed by atoms with E-state index < -0.39 is 0 Å². The summed E-state index contributed by atoms with van der Waals surface area (Å²) in [4.78, 5) is 11.4. The van der Waals surface area contributed by atoms with Crippen molar-refractivity contribution in [1.29, 1.82) is 0 Å². The van der Waals surface area contributed by atoms with Gasteiger partial charge < -0.3 is 9.47 Å². The van der Waals surface area contributed by atoms with E-state index in [0.29, 0.717) is 11.8 Å². The van der Waals surface area contributed by atoms with Crippen molar-refractivity contribution in [2.24, 2.45) is 4.99 Å². The normalized spacial score (nSPS) is 8.77. The number of isothiocyanates is 1. The summed E-state index contributed by atoms with van der Waals surface area (Å²) in [7, 11) is 2.99. The molecular weight excluding hydrogens is 190 g/mol. The molecule has 0 aliphatic rings. The molecule has 0 saturated heterocycles. The van der Waals surface area contributed by atoms with Crippen LogP contribution in [0.2, 0.25) is 0 Å². The van der Waals surface area contributed by atoms with Gasteiger partial charge in [-0.3, -0.25) is 0 Å². The number of hydrogen-bond donors (Lipinski definition) is 0. The van der Waals surface area contributed by atoms with Crippen molar-refractivity contribution in [2.75, 3.05) is 14.2 Å². The Morgan fingerprint density at radius 2 is 1.85 bits per heavy atom. The number of aromatic nitrogens is 2. The second-order valence-electron chi connectivity index (χ2n) is 1.96. The molecule has 0 spiro atoms. The molecule has 0 fully saturated rings. The first-order valence-electron chi connectivity index (χ1n) is 3.35. The Morgan fingerprint density at radius 3 is 2.23 bits per heavy atom. The van der Waals surface area contributed by atoms with Crippen molar-refractivity contribution >= 4 is 23.3 Å². The molecule has 0 bridgehead atoms. The Labute approximate surface area is 80.4 Å². The fourth-order valence-electron chi connectivity index (χ4n) is 0.692. The number of rotatable bonds is 3. The number of methoxy groups -OCH3 is 2. The predicted molar refractivity (Wildman–Crippen MR) is 49.8 cm³/mol. The lowest BCUT2D eigenvalue weighted by Crippen LogP contribution is -1.93. The smallest absolute Gasteiger partial charge is 0.265 e. The SMILES string of the molecule is COc1cc(OC)nc(N=C=S)n1. The van der Waals surface area contributed by atoms with Crippen molar-refractivity contribution in [1.82, 2.24) is 9.97 Å². The van der Waals surface area contributed by atoms with Crippen LogP contribution in [0, 0.1) is 0 Å². The Bertz CT molecular complexity index is 327. The second-order valence-corrected chi connectivity index (χ2v) is 2.14. The minimum absolute atomic E-state index is 0.172. The molecule has 0 saturated carbocycles. The molecule has 0 aliphatic heterocycles. The first-order valence-corrected chi connectivity index (χ1v) is 3.76. The molecular formula is C7H7N3O2S. The van der Waals surface area contributed by atoms with Crippen LogP contribution in [0.15, 0.2) is 11.1 Å². The van der Waals surface area contributed by atoms with E-state index in [4.69, 9.17) is 9.47 Å². The maximum absolute atomic E-state index is 4.89. The summed E-state index contributed by atoms with van der Waals surface area (Å²) in [5.74, 6) is 0.915. The molecule has 0 unspecified atom stereocenters. The fourth-order valence-corrected chi connectivity index (χ4v) is 0.774. The van der Waals surface area contributed by atoms with Gasteiger partial charge in [0.05, 0.1) is 25.4 Å². The molecule has 1 heterocycles. The highest BCUT2D eigenvalue weighted by atomic mass is 32.1. The minimum atomic E-state index is 0.172. The number of ether oxygens (including phenoxy) is 2. The second kappa shape index (κ2) is 4.49. The van der Waals surface area contributed by atoms with Gasteiger partial charge in [-0.15, -0.1) is 0 Å². The quantitative estimate of drug-likeness (QED) is 0.538. The van der Waals surface area contributed by atoms with E-state index in [0.717, 1.165) is 0 Å². The molecule has 1 aromatic heterocycles. The predicted octanol–water partition coefficient (Wildman–Crippen LogP) is 1.23. The molecule has 1 aromatic rings. The molecule has 1 rings (SSSR count). The average molecular weight is 197 g/mol. The molecule has 0 aromatic carbocycles. The third-order valence-corrected chi connectivity index (χ3v) is 1.32. The van der Waals surface area contributed by atoms with Gasteiger partial charge in [-0.1, -0.05) is 0 Å². The Hall–Kier alpha value is -1.52. The Kier molecular flexibility index (Phi) is 3.31. The van der Waals surface area contributed by atoms with Crippen LogP contribution >= 0.6 is 12.2 Å². The highest BCUT2D eigenvalue weighted by Gasteiger charge is 2.02. The summed E-state index contributed by atoms with van der Waals surface area (Å²) < 4.78 is 9.78. The summed E-state index contributed by atoms with van der Waals surface area (Å²) in [5, 5.41) is 2.16. The fraction of sp³-hybridized carbons (Fsp3) is 0.286.